The van der Waals surface area contributed by atoms with Crippen molar-refractivity contribution in [3.8, 4) is 0 Å². The van der Waals surface area contributed by atoms with E-state index >= 15 is 0 Å². The number of halogens is 1. The summed E-state index contributed by atoms with van der Waals surface area (Å²) in [4.78, 5) is 24.6. The van der Waals surface area contributed by atoms with E-state index in [0.717, 1.165) is 56.2 Å². The number of anilines is 1. The van der Waals surface area contributed by atoms with E-state index in [4.69, 9.17) is 16.6 Å². The van der Waals surface area contributed by atoms with Crippen molar-refractivity contribution >= 4 is 23.3 Å². The van der Waals surface area contributed by atoms with Crippen LogP contribution in [0.3, 0.4) is 0 Å². The largest absolute Gasteiger partial charge is 0.353 e. The highest BCUT2D eigenvalue weighted by Gasteiger charge is 2.29. The lowest BCUT2D eigenvalue weighted by molar-refractivity contribution is -0.129. The van der Waals surface area contributed by atoms with Crippen LogP contribution in [0.25, 0.3) is 0 Å². The van der Waals surface area contributed by atoms with Crippen molar-refractivity contribution < 1.29 is 4.79 Å². The van der Waals surface area contributed by atoms with Crippen LogP contribution in [0, 0.1) is 6.92 Å². The van der Waals surface area contributed by atoms with Crippen LogP contribution < -0.4 is 4.90 Å². The Kier molecular flexibility index (Phi) is 3.54. The van der Waals surface area contributed by atoms with Gasteiger partial charge in [0.1, 0.15) is 16.8 Å². The third-order valence-corrected chi connectivity index (χ3v) is 4.41. The number of carbonyl (C=O) groups excluding carboxylic acids is 1. The molecule has 3 rings (SSSR count). The molecule has 1 aliphatic carbocycles. The molecule has 1 saturated heterocycles. The number of amides is 1. The van der Waals surface area contributed by atoms with Crippen LogP contribution in [0.4, 0.5) is 5.82 Å². The molecule has 1 saturated carbocycles. The number of piperazine rings is 1. The summed E-state index contributed by atoms with van der Waals surface area (Å²) in [5.74, 6) is 2.45. The van der Waals surface area contributed by atoms with E-state index in [9.17, 15) is 4.79 Å². The van der Waals surface area contributed by atoms with E-state index in [2.05, 4.69) is 9.88 Å². The Balaban J connectivity index is 1.81. The molecule has 0 spiro atoms. The van der Waals surface area contributed by atoms with Gasteiger partial charge in [0.15, 0.2) is 0 Å². The summed E-state index contributed by atoms with van der Waals surface area (Å²) in [6, 6.07) is 0. The van der Waals surface area contributed by atoms with E-state index in [1.807, 2.05) is 11.8 Å². The molecule has 0 unspecified atom stereocenters. The van der Waals surface area contributed by atoms with Gasteiger partial charge in [0, 0.05) is 44.6 Å². The van der Waals surface area contributed by atoms with E-state index < -0.39 is 0 Å². The topological polar surface area (TPSA) is 49.3 Å². The van der Waals surface area contributed by atoms with Gasteiger partial charge in [-0.25, -0.2) is 9.97 Å². The van der Waals surface area contributed by atoms with Crippen LogP contribution in [-0.4, -0.2) is 47.0 Å². The summed E-state index contributed by atoms with van der Waals surface area (Å²) >= 11 is 6.25. The molecule has 1 aromatic rings. The van der Waals surface area contributed by atoms with Gasteiger partial charge in [-0.15, -0.1) is 0 Å². The van der Waals surface area contributed by atoms with Crippen molar-refractivity contribution in [1.82, 2.24) is 14.9 Å². The Morgan fingerprint density at radius 3 is 2.40 bits per heavy atom. The number of hydrogen-bond acceptors (Lipinski definition) is 4. The SMILES string of the molecule is CC(=O)N1CCN(c2nc(C3CC3)nc(Cl)c2C)CC1. The highest BCUT2D eigenvalue weighted by molar-refractivity contribution is 6.30. The first-order valence-corrected chi connectivity index (χ1v) is 7.48. The van der Waals surface area contributed by atoms with Crippen LogP contribution in [-0.2, 0) is 4.79 Å². The molecular weight excluding hydrogens is 276 g/mol. The Bertz CT molecular complexity index is 536. The van der Waals surface area contributed by atoms with Crippen molar-refractivity contribution in [2.24, 2.45) is 0 Å². The predicted octanol–water partition coefficient (Wildman–Crippen LogP) is 1.98. The summed E-state index contributed by atoms with van der Waals surface area (Å²) in [6.45, 7) is 6.68. The van der Waals surface area contributed by atoms with Crippen LogP contribution in [0.5, 0.6) is 0 Å². The molecule has 6 heteroatoms. The summed E-state index contributed by atoms with van der Waals surface area (Å²) in [5, 5.41) is 0.561. The summed E-state index contributed by atoms with van der Waals surface area (Å²) in [7, 11) is 0. The van der Waals surface area contributed by atoms with Gasteiger partial charge < -0.3 is 9.80 Å². The lowest BCUT2D eigenvalue weighted by Crippen LogP contribution is -2.48. The molecule has 1 amide bonds. The Morgan fingerprint density at radius 2 is 1.85 bits per heavy atom. The van der Waals surface area contributed by atoms with Gasteiger partial charge in [0.05, 0.1) is 0 Å². The fourth-order valence-corrected chi connectivity index (χ4v) is 2.73. The first-order chi connectivity index (χ1) is 9.56. The fraction of sp³-hybridized carbons (Fsp3) is 0.643. The summed E-state index contributed by atoms with van der Waals surface area (Å²) in [6.07, 6.45) is 2.33. The number of hydrogen-bond donors (Lipinski definition) is 0. The lowest BCUT2D eigenvalue weighted by Gasteiger charge is -2.35. The maximum absolute atomic E-state index is 11.4. The van der Waals surface area contributed by atoms with Crippen LogP contribution in [0.1, 0.15) is 37.1 Å². The van der Waals surface area contributed by atoms with Crippen molar-refractivity contribution in [1.29, 1.82) is 0 Å². The second-order valence-electron chi connectivity index (χ2n) is 5.59. The molecule has 0 atom stereocenters. The average molecular weight is 295 g/mol. The summed E-state index contributed by atoms with van der Waals surface area (Å²) in [5.41, 5.74) is 0.937. The lowest BCUT2D eigenvalue weighted by atomic mass is 10.2. The Hall–Kier alpha value is -1.36. The normalized spacial score (nSPS) is 19.4. The number of nitrogens with zero attached hydrogens (tertiary/aromatic N) is 4. The molecule has 1 aliphatic heterocycles. The number of carbonyl (C=O) groups is 1. The van der Waals surface area contributed by atoms with Gasteiger partial charge in [-0.05, 0) is 19.8 Å². The first kappa shape index (κ1) is 13.6. The molecule has 2 heterocycles. The van der Waals surface area contributed by atoms with Crippen LogP contribution >= 0.6 is 11.6 Å². The van der Waals surface area contributed by atoms with Crippen LogP contribution in [0.2, 0.25) is 5.15 Å². The minimum absolute atomic E-state index is 0.140. The molecule has 0 bridgehead atoms. The molecule has 2 fully saturated rings. The zero-order valence-corrected chi connectivity index (χ0v) is 12.7. The second kappa shape index (κ2) is 5.20. The van der Waals surface area contributed by atoms with Crippen molar-refractivity contribution in [2.75, 3.05) is 31.1 Å². The van der Waals surface area contributed by atoms with Gasteiger partial charge >= 0.3 is 0 Å². The highest BCUT2D eigenvalue weighted by Crippen LogP contribution is 2.40. The van der Waals surface area contributed by atoms with Crippen LogP contribution in [0.15, 0.2) is 0 Å². The quantitative estimate of drug-likeness (QED) is 0.783. The van der Waals surface area contributed by atoms with E-state index in [0.29, 0.717) is 11.1 Å². The predicted molar refractivity (Wildman–Crippen MR) is 78.2 cm³/mol. The summed E-state index contributed by atoms with van der Waals surface area (Å²) < 4.78 is 0. The molecular formula is C14H19ClN4O. The molecule has 5 nitrogen and oxygen atoms in total. The molecule has 2 aliphatic rings. The van der Waals surface area contributed by atoms with Crippen molar-refractivity contribution in [3.05, 3.63) is 16.5 Å². The molecule has 0 N–H and O–H groups in total. The standard InChI is InChI=1S/C14H19ClN4O/c1-9-12(15)16-13(11-3-4-11)17-14(9)19-7-5-18(6-8-19)10(2)20/h11H,3-8H2,1-2H3. The molecule has 0 radical (unpaired) electrons. The third kappa shape index (κ3) is 2.59. The maximum atomic E-state index is 11.4. The smallest absolute Gasteiger partial charge is 0.219 e. The van der Waals surface area contributed by atoms with Gasteiger partial charge in [-0.2, -0.15) is 0 Å². The Morgan fingerprint density at radius 1 is 1.20 bits per heavy atom. The molecule has 1 aromatic heterocycles. The highest BCUT2D eigenvalue weighted by atomic mass is 35.5. The van der Waals surface area contributed by atoms with Gasteiger partial charge in [0.25, 0.3) is 0 Å². The van der Waals surface area contributed by atoms with E-state index in [1.54, 1.807) is 6.92 Å². The molecule has 108 valence electrons. The minimum atomic E-state index is 0.140. The molecule has 20 heavy (non-hydrogen) atoms. The van der Waals surface area contributed by atoms with E-state index in [-0.39, 0.29) is 5.91 Å². The van der Waals surface area contributed by atoms with Crippen molar-refractivity contribution in [2.45, 2.75) is 32.6 Å². The average Bonchev–Trinajstić information content (AvgIpc) is 3.26. The minimum Gasteiger partial charge on any atom is -0.353 e. The maximum Gasteiger partial charge on any atom is 0.219 e. The van der Waals surface area contributed by atoms with Gasteiger partial charge in [0.2, 0.25) is 5.91 Å². The number of rotatable bonds is 2. The second-order valence-corrected chi connectivity index (χ2v) is 5.95. The van der Waals surface area contributed by atoms with E-state index in [1.165, 1.54) is 0 Å². The van der Waals surface area contributed by atoms with Crippen molar-refractivity contribution in [3.63, 3.8) is 0 Å². The number of aromatic nitrogens is 2. The zero-order chi connectivity index (χ0) is 14.3. The first-order valence-electron chi connectivity index (χ1n) is 7.10. The monoisotopic (exact) mass is 294 g/mol. The third-order valence-electron chi connectivity index (χ3n) is 4.05. The zero-order valence-electron chi connectivity index (χ0n) is 11.9. The van der Waals surface area contributed by atoms with Gasteiger partial charge in [-0.1, -0.05) is 11.6 Å². The fourth-order valence-electron chi connectivity index (χ4n) is 2.56. The molecule has 0 aromatic carbocycles. The van der Waals surface area contributed by atoms with Gasteiger partial charge in [-0.3, -0.25) is 4.79 Å². The Labute approximate surface area is 123 Å².